The first-order valence-electron chi connectivity index (χ1n) is 25.1. The highest BCUT2D eigenvalue weighted by Crippen LogP contribution is 2.52. The van der Waals surface area contributed by atoms with Gasteiger partial charge >= 0.3 is 0 Å². The summed E-state index contributed by atoms with van der Waals surface area (Å²) in [6, 6.07) is 99.3. The van der Waals surface area contributed by atoms with Gasteiger partial charge in [0.05, 0.1) is 5.69 Å². The Morgan fingerprint density at radius 2 is 0.689 bits per heavy atom. The predicted molar refractivity (Wildman–Crippen MR) is 308 cm³/mol. The van der Waals surface area contributed by atoms with Crippen molar-refractivity contribution in [3.8, 4) is 67.1 Å². The van der Waals surface area contributed by atoms with Gasteiger partial charge in [0, 0.05) is 67.9 Å². The van der Waals surface area contributed by atoms with Crippen molar-refractivity contribution >= 4 is 66.8 Å². The van der Waals surface area contributed by atoms with Gasteiger partial charge in [-0.1, -0.05) is 194 Å². The van der Waals surface area contributed by atoms with Gasteiger partial charge < -0.3 is 19.0 Å². The third-order valence-corrected chi connectivity index (χ3v) is 14.5. The van der Waals surface area contributed by atoms with Gasteiger partial charge in [0.2, 0.25) is 0 Å². The number of furan rings is 1. The number of fused-ring (bicyclic) bond motifs is 5. The molecule has 0 saturated heterocycles. The lowest BCUT2D eigenvalue weighted by Gasteiger charge is -2.30. The van der Waals surface area contributed by atoms with E-state index in [2.05, 4.69) is 277 Å². The SMILES string of the molecule is c1ccc(-c2ccc(N(c3ccc(-c4ccccc4)cc3)c3ccc4c(c3)Oc3cc(N(c5ccc(-c6ccccc6)cc5)c5ccc(-c6cccc7c6oc6ccccc67)cc5)cc5cccc-4c35)cc2)cc1. The van der Waals surface area contributed by atoms with Crippen molar-refractivity contribution in [2.75, 3.05) is 9.80 Å². The van der Waals surface area contributed by atoms with Crippen LogP contribution in [0.3, 0.4) is 0 Å². The molecule has 0 aliphatic carbocycles. The van der Waals surface area contributed by atoms with E-state index >= 15 is 0 Å². The Balaban J connectivity index is 0.867. The number of nitrogens with zero attached hydrogens (tertiary/aromatic N) is 2. The first-order chi connectivity index (χ1) is 36.7. The minimum absolute atomic E-state index is 0.800. The van der Waals surface area contributed by atoms with Crippen LogP contribution in [0.15, 0.2) is 283 Å². The first-order valence-corrected chi connectivity index (χ1v) is 25.1. The molecule has 4 heteroatoms. The molecular weight excluding hydrogens is 901 g/mol. The summed E-state index contributed by atoms with van der Waals surface area (Å²) in [6.07, 6.45) is 0. The zero-order chi connectivity index (χ0) is 49.0. The molecule has 12 aromatic carbocycles. The molecule has 14 rings (SSSR count). The number of hydrogen-bond acceptors (Lipinski definition) is 4. The van der Waals surface area contributed by atoms with Crippen molar-refractivity contribution in [2.45, 2.75) is 0 Å². The summed E-state index contributed by atoms with van der Waals surface area (Å²) in [6.45, 7) is 0. The van der Waals surface area contributed by atoms with E-state index in [4.69, 9.17) is 9.15 Å². The second-order valence-corrected chi connectivity index (χ2v) is 18.9. The van der Waals surface area contributed by atoms with Crippen LogP contribution in [0.2, 0.25) is 0 Å². The number of rotatable bonds is 10. The standard InChI is InChI=1S/C70H46N2O2/c1-4-14-47(15-5-1)50-26-34-55(35-27-50)71(56-36-28-51(29-37-56)48-16-6-2-7-17-48)59-42-43-63-64-23-12-20-54-44-60(46-68(69(54)64)73-67(63)45-59)72(57-38-30-52(31-39-57)49-18-8-3-9-19-49)58-40-32-53(33-41-58)61-22-13-24-65-62-21-10-11-25-66(62)74-70(61)65/h1-46H. The second kappa shape index (κ2) is 18.1. The molecule has 74 heavy (non-hydrogen) atoms. The van der Waals surface area contributed by atoms with Crippen molar-refractivity contribution in [2.24, 2.45) is 0 Å². The van der Waals surface area contributed by atoms with Crippen LogP contribution in [0.1, 0.15) is 0 Å². The molecule has 0 amide bonds. The number of anilines is 6. The topological polar surface area (TPSA) is 28.9 Å². The summed E-state index contributed by atoms with van der Waals surface area (Å²) in [5.74, 6) is 1.61. The fraction of sp³-hybridized carbons (Fsp3) is 0. The van der Waals surface area contributed by atoms with Crippen LogP contribution in [0, 0.1) is 0 Å². The number of para-hydroxylation sites is 2. The summed E-state index contributed by atoms with van der Waals surface area (Å²) >= 11 is 0. The zero-order valence-electron chi connectivity index (χ0n) is 40.3. The monoisotopic (exact) mass is 946 g/mol. The molecule has 0 bridgehead atoms. The highest BCUT2D eigenvalue weighted by atomic mass is 16.5. The van der Waals surface area contributed by atoms with Crippen molar-refractivity contribution in [3.05, 3.63) is 279 Å². The Labute approximate surface area is 429 Å². The molecule has 13 aromatic rings. The largest absolute Gasteiger partial charge is 0.456 e. The molecule has 4 nitrogen and oxygen atoms in total. The van der Waals surface area contributed by atoms with Crippen LogP contribution in [-0.4, -0.2) is 0 Å². The van der Waals surface area contributed by atoms with Gasteiger partial charge in [-0.25, -0.2) is 0 Å². The second-order valence-electron chi connectivity index (χ2n) is 18.9. The van der Waals surface area contributed by atoms with E-state index in [1.165, 1.54) is 27.8 Å². The Morgan fingerprint density at radius 3 is 1.26 bits per heavy atom. The summed E-state index contributed by atoms with van der Waals surface area (Å²) in [5.41, 5.74) is 19.3. The van der Waals surface area contributed by atoms with E-state index in [9.17, 15) is 0 Å². The lowest BCUT2D eigenvalue weighted by atomic mass is 9.93. The third kappa shape index (κ3) is 7.65. The van der Waals surface area contributed by atoms with E-state index in [0.29, 0.717) is 0 Å². The van der Waals surface area contributed by atoms with Gasteiger partial charge in [-0.15, -0.1) is 0 Å². The molecule has 1 aliphatic rings. The molecule has 348 valence electrons. The van der Waals surface area contributed by atoms with Gasteiger partial charge in [0.25, 0.3) is 0 Å². The molecule has 1 aromatic heterocycles. The summed E-state index contributed by atoms with van der Waals surface area (Å²) in [7, 11) is 0. The van der Waals surface area contributed by atoms with Crippen molar-refractivity contribution in [1.29, 1.82) is 0 Å². The van der Waals surface area contributed by atoms with Crippen molar-refractivity contribution in [3.63, 3.8) is 0 Å². The number of ether oxygens (including phenoxy) is 1. The minimum Gasteiger partial charge on any atom is -0.456 e. The molecule has 0 N–H and O–H groups in total. The fourth-order valence-corrected chi connectivity index (χ4v) is 10.8. The quantitative estimate of drug-likeness (QED) is 0.137. The van der Waals surface area contributed by atoms with E-state index in [-0.39, 0.29) is 0 Å². The Kier molecular flexibility index (Phi) is 10.5. The summed E-state index contributed by atoms with van der Waals surface area (Å²) in [5, 5.41) is 4.43. The molecule has 1 aliphatic heterocycles. The smallest absolute Gasteiger partial charge is 0.143 e. The van der Waals surface area contributed by atoms with Crippen LogP contribution < -0.4 is 14.5 Å². The van der Waals surface area contributed by atoms with Crippen LogP contribution in [-0.2, 0) is 0 Å². The number of benzene rings is 12. The van der Waals surface area contributed by atoms with Crippen LogP contribution in [0.5, 0.6) is 11.5 Å². The van der Waals surface area contributed by atoms with Gasteiger partial charge in [0.1, 0.15) is 22.7 Å². The number of hydrogen-bond donors (Lipinski definition) is 0. The normalized spacial score (nSPS) is 11.6. The van der Waals surface area contributed by atoms with Crippen LogP contribution >= 0.6 is 0 Å². The van der Waals surface area contributed by atoms with E-state index in [1.54, 1.807) is 0 Å². The van der Waals surface area contributed by atoms with Gasteiger partial charge in [-0.05, 0) is 123 Å². The molecule has 0 saturated carbocycles. The summed E-state index contributed by atoms with van der Waals surface area (Å²) in [4.78, 5) is 4.65. The molecular formula is C70H46N2O2. The molecule has 0 atom stereocenters. The Morgan fingerprint density at radius 1 is 0.257 bits per heavy atom. The van der Waals surface area contributed by atoms with E-state index < -0.39 is 0 Å². The van der Waals surface area contributed by atoms with Crippen molar-refractivity contribution in [1.82, 2.24) is 0 Å². The molecule has 0 radical (unpaired) electrons. The zero-order valence-corrected chi connectivity index (χ0v) is 40.3. The maximum absolute atomic E-state index is 7.18. The van der Waals surface area contributed by atoms with Gasteiger partial charge in [-0.3, -0.25) is 0 Å². The highest BCUT2D eigenvalue weighted by Gasteiger charge is 2.25. The lowest BCUT2D eigenvalue weighted by molar-refractivity contribution is 0.487. The summed E-state index contributed by atoms with van der Waals surface area (Å²) < 4.78 is 13.7. The Bertz CT molecular complexity index is 4090. The average Bonchev–Trinajstić information content (AvgIpc) is 3.86. The fourth-order valence-electron chi connectivity index (χ4n) is 10.8. The maximum atomic E-state index is 7.18. The maximum Gasteiger partial charge on any atom is 0.143 e. The van der Waals surface area contributed by atoms with Gasteiger partial charge in [0.15, 0.2) is 0 Å². The van der Waals surface area contributed by atoms with E-state index in [0.717, 1.165) is 106 Å². The van der Waals surface area contributed by atoms with Crippen LogP contribution in [0.25, 0.3) is 88.3 Å². The first kappa shape index (κ1) is 42.9. The molecule has 0 spiro atoms. The Hall–Kier alpha value is -9.90. The van der Waals surface area contributed by atoms with Crippen molar-refractivity contribution < 1.29 is 9.15 Å². The van der Waals surface area contributed by atoms with Crippen LogP contribution in [0.4, 0.5) is 34.1 Å². The molecule has 2 heterocycles. The highest BCUT2D eigenvalue weighted by molar-refractivity contribution is 6.10. The predicted octanol–water partition coefficient (Wildman–Crippen LogP) is 20.1. The molecule has 0 unspecified atom stereocenters. The third-order valence-electron chi connectivity index (χ3n) is 14.5. The lowest BCUT2D eigenvalue weighted by Crippen LogP contribution is -2.11. The minimum atomic E-state index is 0.800. The molecule has 0 fully saturated rings. The van der Waals surface area contributed by atoms with E-state index in [1.807, 2.05) is 12.1 Å². The average molecular weight is 947 g/mol. The van der Waals surface area contributed by atoms with Gasteiger partial charge in [-0.2, -0.15) is 0 Å².